The number of ether oxygens (including phenoxy) is 2. The molecule has 1 fully saturated rings. The molecule has 1 unspecified atom stereocenters. The highest BCUT2D eigenvalue weighted by Crippen LogP contribution is 2.29. The molecule has 1 aliphatic heterocycles. The molecule has 3 nitrogen and oxygen atoms in total. The van der Waals surface area contributed by atoms with Crippen LogP contribution in [0.5, 0.6) is 5.75 Å². The van der Waals surface area contributed by atoms with Crippen molar-refractivity contribution in [2.24, 2.45) is 0 Å². The summed E-state index contributed by atoms with van der Waals surface area (Å²) >= 11 is 1.60. The van der Waals surface area contributed by atoms with Crippen molar-refractivity contribution < 1.29 is 14.3 Å². The van der Waals surface area contributed by atoms with Crippen LogP contribution in [0.2, 0.25) is 0 Å². The molecule has 2 rings (SSSR count). The predicted molar refractivity (Wildman–Crippen MR) is 58.2 cm³/mol. The van der Waals surface area contributed by atoms with Crippen molar-refractivity contribution in [3.05, 3.63) is 24.3 Å². The third-order valence-corrected chi connectivity index (χ3v) is 3.00. The van der Waals surface area contributed by atoms with E-state index in [1.54, 1.807) is 11.8 Å². The van der Waals surface area contributed by atoms with Gasteiger partial charge in [0.25, 0.3) is 0 Å². The first kappa shape index (κ1) is 10.4. The van der Waals surface area contributed by atoms with E-state index < -0.39 is 6.10 Å². The zero-order valence-electron chi connectivity index (χ0n) is 8.43. The van der Waals surface area contributed by atoms with Crippen molar-refractivity contribution >= 4 is 17.7 Å². The molecular formula is C11H12O3S. The van der Waals surface area contributed by atoms with Gasteiger partial charge in [0.1, 0.15) is 5.75 Å². The maximum absolute atomic E-state index is 11.2. The Hall–Kier alpha value is -1.16. The Labute approximate surface area is 92.8 Å². The maximum Gasteiger partial charge on any atom is 0.347 e. The fourth-order valence-corrected chi connectivity index (χ4v) is 1.99. The van der Waals surface area contributed by atoms with E-state index >= 15 is 0 Å². The van der Waals surface area contributed by atoms with E-state index in [9.17, 15) is 4.79 Å². The highest BCUT2D eigenvalue weighted by molar-refractivity contribution is 7.98. The van der Waals surface area contributed by atoms with Crippen LogP contribution in [0.15, 0.2) is 29.2 Å². The zero-order chi connectivity index (χ0) is 10.7. The molecule has 1 atom stereocenters. The molecule has 0 amide bonds. The molecule has 0 aliphatic carbocycles. The first-order valence-corrected chi connectivity index (χ1v) is 6.00. The van der Waals surface area contributed by atoms with Gasteiger partial charge >= 0.3 is 5.97 Å². The fourth-order valence-electron chi connectivity index (χ4n) is 1.45. The summed E-state index contributed by atoms with van der Waals surface area (Å²) < 4.78 is 10.5. The number of para-hydroxylation sites is 1. The summed E-state index contributed by atoms with van der Waals surface area (Å²) in [4.78, 5) is 12.3. The molecule has 1 aromatic carbocycles. The van der Waals surface area contributed by atoms with Gasteiger partial charge in [-0.25, -0.2) is 4.79 Å². The molecule has 1 heterocycles. The van der Waals surface area contributed by atoms with Gasteiger partial charge in [0.2, 0.25) is 0 Å². The number of thioether (sulfide) groups is 1. The first-order chi connectivity index (χ1) is 7.31. The number of hydrogen-bond donors (Lipinski definition) is 0. The van der Waals surface area contributed by atoms with Crippen molar-refractivity contribution in [2.75, 3.05) is 12.9 Å². The summed E-state index contributed by atoms with van der Waals surface area (Å²) in [6.07, 6.45) is 2.19. The molecular weight excluding hydrogens is 212 g/mol. The van der Waals surface area contributed by atoms with Crippen molar-refractivity contribution in [3.8, 4) is 5.75 Å². The molecule has 0 bridgehead atoms. The minimum atomic E-state index is -0.432. The van der Waals surface area contributed by atoms with Crippen LogP contribution < -0.4 is 4.74 Å². The molecule has 80 valence electrons. The van der Waals surface area contributed by atoms with Crippen LogP contribution in [0.3, 0.4) is 0 Å². The third kappa shape index (κ3) is 2.26. The number of rotatable bonds is 3. The van der Waals surface area contributed by atoms with Crippen molar-refractivity contribution in [1.29, 1.82) is 0 Å². The van der Waals surface area contributed by atoms with Crippen LogP contribution >= 0.6 is 11.8 Å². The van der Waals surface area contributed by atoms with E-state index in [4.69, 9.17) is 9.47 Å². The monoisotopic (exact) mass is 224 g/mol. The lowest BCUT2D eigenvalue weighted by atomic mass is 10.3. The summed E-state index contributed by atoms with van der Waals surface area (Å²) in [5.41, 5.74) is 0. The summed E-state index contributed by atoms with van der Waals surface area (Å²) in [5, 5.41) is 0. The normalized spacial score (nSPS) is 20.1. The van der Waals surface area contributed by atoms with Gasteiger partial charge in [0.05, 0.1) is 6.61 Å². The van der Waals surface area contributed by atoms with E-state index in [0.717, 1.165) is 10.6 Å². The molecule has 0 saturated carbocycles. The second kappa shape index (κ2) is 4.57. The molecule has 0 aromatic heterocycles. The number of carbonyl (C=O) groups is 1. The number of benzene rings is 1. The second-order valence-electron chi connectivity index (χ2n) is 3.21. The van der Waals surface area contributed by atoms with E-state index in [0.29, 0.717) is 13.0 Å². The molecule has 1 aromatic rings. The Bertz CT molecular complexity index is 365. The Morgan fingerprint density at radius 3 is 2.93 bits per heavy atom. The lowest BCUT2D eigenvalue weighted by molar-refractivity contribution is -0.143. The Morgan fingerprint density at radius 1 is 1.47 bits per heavy atom. The Morgan fingerprint density at radius 2 is 2.27 bits per heavy atom. The highest BCUT2D eigenvalue weighted by Gasteiger charge is 2.28. The van der Waals surface area contributed by atoms with Crippen molar-refractivity contribution in [2.45, 2.75) is 17.4 Å². The van der Waals surface area contributed by atoms with E-state index in [1.165, 1.54) is 0 Å². The van der Waals surface area contributed by atoms with Crippen LogP contribution in [0.25, 0.3) is 0 Å². The van der Waals surface area contributed by atoms with E-state index in [-0.39, 0.29) is 5.97 Å². The quantitative estimate of drug-likeness (QED) is 0.582. The molecule has 0 N–H and O–H groups in total. The number of hydrogen-bond acceptors (Lipinski definition) is 4. The number of carbonyl (C=O) groups excluding carboxylic acids is 1. The van der Waals surface area contributed by atoms with Gasteiger partial charge in [0, 0.05) is 11.3 Å². The topological polar surface area (TPSA) is 35.5 Å². The molecule has 1 saturated heterocycles. The molecule has 4 heteroatoms. The number of esters is 1. The van der Waals surface area contributed by atoms with Gasteiger partial charge in [-0.15, -0.1) is 11.8 Å². The van der Waals surface area contributed by atoms with Gasteiger partial charge in [-0.2, -0.15) is 0 Å². The SMILES string of the molecule is CSc1ccccc1OC1CCOC1=O. The third-order valence-electron chi connectivity index (χ3n) is 2.23. The van der Waals surface area contributed by atoms with Crippen LogP contribution in [0.4, 0.5) is 0 Å². The molecule has 0 spiro atoms. The van der Waals surface area contributed by atoms with Crippen LogP contribution in [-0.4, -0.2) is 24.9 Å². The van der Waals surface area contributed by atoms with Crippen LogP contribution in [-0.2, 0) is 9.53 Å². The molecule has 15 heavy (non-hydrogen) atoms. The van der Waals surface area contributed by atoms with Gasteiger partial charge in [-0.3, -0.25) is 0 Å². The molecule has 1 aliphatic rings. The van der Waals surface area contributed by atoms with Gasteiger partial charge in [-0.1, -0.05) is 12.1 Å². The summed E-state index contributed by atoms with van der Waals surface area (Å²) in [6, 6.07) is 7.69. The average molecular weight is 224 g/mol. The minimum absolute atomic E-state index is 0.258. The van der Waals surface area contributed by atoms with Gasteiger partial charge < -0.3 is 9.47 Å². The first-order valence-electron chi connectivity index (χ1n) is 4.77. The predicted octanol–water partition coefficient (Wildman–Crippen LogP) is 2.10. The fraction of sp³-hybridized carbons (Fsp3) is 0.364. The molecule has 0 radical (unpaired) electrons. The van der Waals surface area contributed by atoms with Crippen molar-refractivity contribution in [1.82, 2.24) is 0 Å². The van der Waals surface area contributed by atoms with E-state index in [1.807, 2.05) is 30.5 Å². The standard InChI is InChI=1S/C11H12O3S/c1-15-10-5-3-2-4-8(10)14-9-6-7-13-11(9)12/h2-5,9H,6-7H2,1H3. The summed E-state index contributed by atoms with van der Waals surface area (Å²) in [6.45, 7) is 0.463. The van der Waals surface area contributed by atoms with Crippen molar-refractivity contribution in [3.63, 3.8) is 0 Å². The largest absolute Gasteiger partial charge is 0.477 e. The summed E-state index contributed by atoms with van der Waals surface area (Å²) in [5.74, 6) is 0.500. The smallest absolute Gasteiger partial charge is 0.347 e. The number of cyclic esters (lactones) is 1. The zero-order valence-corrected chi connectivity index (χ0v) is 9.25. The van der Waals surface area contributed by atoms with Gasteiger partial charge in [0.15, 0.2) is 6.10 Å². The lowest BCUT2D eigenvalue weighted by Gasteiger charge is -2.12. The van der Waals surface area contributed by atoms with E-state index in [2.05, 4.69) is 0 Å². The lowest BCUT2D eigenvalue weighted by Crippen LogP contribution is -2.21. The van der Waals surface area contributed by atoms with Crippen LogP contribution in [0, 0.1) is 0 Å². The van der Waals surface area contributed by atoms with Crippen LogP contribution in [0.1, 0.15) is 6.42 Å². The maximum atomic E-state index is 11.2. The highest BCUT2D eigenvalue weighted by atomic mass is 32.2. The van der Waals surface area contributed by atoms with Gasteiger partial charge in [-0.05, 0) is 18.4 Å². The minimum Gasteiger partial charge on any atom is -0.477 e. The Balaban J connectivity index is 2.12. The Kier molecular flexibility index (Phi) is 3.16. The second-order valence-corrected chi connectivity index (χ2v) is 4.06. The average Bonchev–Trinajstić information content (AvgIpc) is 2.65. The summed E-state index contributed by atoms with van der Waals surface area (Å²) in [7, 11) is 0.